The number of benzene rings is 1. The van der Waals surface area contributed by atoms with Crippen LogP contribution in [0.1, 0.15) is 46.5 Å². The molecule has 10 nitrogen and oxygen atoms in total. The zero-order valence-corrected chi connectivity index (χ0v) is 20.2. The van der Waals surface area contributed by atoms with Crippen molar-refractivity contribution in [3.63, 3.8) is 0 Å². The molecule has 0 bridgehead atoms. The van der Waals surface area contributed by atoms with E-state index in [4.69, 9.17) is 20.4 Å². The first-order valence-electron chi connectivity index (χ1n) is 11.3. The van der Waals surface area contributed by atoms with Crippen molar-refractivity contribution < 1.29 is 39.2 Å². The van der Waals surface area contributed by atoms with Crippen LogP contribution in [0.25, 0.3) is 10.9 Å². The number of hydrogen-bond donors (Lipinski definition) is 5. The van der Waals surface area contributed by atoms with Crippen molar-refractivity contribution in [2.45, 2.75) is 58.1 Å². The summed E-state index contributed by atoms with van der Waals surface area (Å²) < 4.78 is 13.7. The third-order valence-corrected chi connectivity index (χ3v) is 5.36. The number of nitrogens with one attached hydrogen (secondary N) is 1. The van der Waals surface area contributed by atoms with E-state index in [0.717, 1.165) is 49.1 Å². The fraction of sp³-hybridized carbons (Fsp3) is 0.500. The summed E-state index contributed by atoms with van der Waals surface area (Å²) in [6.07, 6.45) is 1.65. The molecule has 1 unspecified atom stereocenters. The normalized spacial score (nSPS) is 12.1. The Balaban J connectivity index is 0.000000405. The average molecular weight is 496 g/mol. The van der Waals surface area contributed by atoms with E-state index in [0.29, 0.717) is 6.04 Å². The van der Waals surface area contributed by atoms with Gasteiger partial charge in [-0.15, -0.1) is 0 Å². The number of aromatic nitrogens is 1. The number of aliphatic carboxylic acids is 3. The maximum Gasteiger partial charge on any atom is 0.336 e. The van der Waals surface area contributed by atoms with Crippen molar-refractivity contribution in [1.29, 1.82) is 0 Å². The Morgan fingerprint density at radius 2 is 1.71 bits per heavy atom. The first-order chi connectivity index (χ1) is 16.4. The highest BCUT2D eigenvalue weighted by atomic mass is 19.1. The molecule has 11 heteroatoms. The van der Waals surface area contributed by atoms with E-state index in [9.17, 15) is 18.8 Å². The van der Waals surface area contributed by atoms with Crippen LogP contribution in [0, 0.1) is 5.82 Å². The number of hydrogen-bond acceptors (Lipinski definition) is 7. The fourth-order valence-corrected chi connectivity index (χ4v) is 3.48. The second kappa shape index (κ2) is 14.2. The molecule has 1 atom stereocenters. The minimum Gasteiger partial charge on any atom is -0.481 e. The zero-order chi connectivity index (χ0) is 26.6. The molecular formula is C24H34FN3O7. The lowest BCUT2D eigenvalue weighted by Crippen LogP contribution is -2.42. The lowest BCUT2D eigenvalue weighted by atomic mass is 9.96. The molecular weight excluding hydrogens is 461 g/mol. The van der Waals surface area contributed by atoms with E-state index in [1.165, 1.54) is 12.1 Å². The van der Waals surface area contributed by atoms with Gasteiger partial charge in [-0.05, 0) is 57.6 Å². The number of carboxylic acids is 3. The minimum atomic E-state index is -2.74. The smallest absolute Gasteiger partial charge is 0.336 e. The number of anilines is 1. The van der Waals surface area contributed by atoms with Gasteiger partial charge in [-0.1, -0.05) is 19.9 Å². The van der Waals surface area contributed by atoms with Gasteiger partial charge in [0.15, 0.2) is 5.60 Å². The Morgan fingerprint density at radius 1 is 1.11 bits per heavy atom. The topological polar surface area (TPSA) is 160 Å². The quantitative estimate of drug-likeness (QED) is 0.279. The van der Waals surface area contributed by atoms with Crippen LogP contribution < -0.4 is 5.32 Å². The predicted octanol–water partition coefficient (Wildman–Crippen LogP) is 3.05. The van der Waals surface area contributed by atoms with Gasteiger partial charge in [0.05, 0.1) is 24.0 Å². The molecule has 0 radical (unpaired) electrons. The summed E-state index contributed by atoms with van der Waals surface area (Å²) in [5, 5.41) is 38.1. The Labute approximate surface area is 203 Å². The summed E-state index contributed by atoms with van der Waals surface area (Å²) in [6.45, 7) is 9.82. The summed E-state index contributed by atoms with van der Waals surface area (Å²) >= 11 is 0. The minimum absolute atomic E-state index is 0.224. The molecule has 0 amide bonds. The van der Waals surface area contributed by atoms with E-state index >= 15 is 0 Å². The molecule has 0 fully saturated rings. The summed E-state index contributed by atoms with van der Waals surface area (Å²) in [5.74, 6) is -5.24. The van der Waals surface area contributed by atoms with Crippen LogP contribution in [0.4, 0.5) is 10.1 Å². The van der Waals surface area contributed by atoms with E-state index in [-0.39, 0.29) is 5.82 Å². The third kappa shape index (κ3) is 10.2. The van der Waals surface area contributed by atoms with Gasteiger partial charge in [0.25, 0.3) is 0 Å². The van der Waals surface area contributed by atoms with Crippen LogP contribution in [0.5, 0.6) is 0 Å². The zero-order valence-electron chi connectivity index (χ0n) is 20.2. The highest BCUT2D eigenvalue weighted by Crippen LogP contribution is 2.24. The SMILES string of the molecule is CCN(CC)CCCC(C)Nc1cc(F)cc2cccnc12.O=C(O)CC(O)(CC(=O)O)C(=O)O. The Bertz CT molecular complexity index is 982. The van der Waals surface area contributed by atoms with Gasteiger partial charge in [0, 0.05) is 17.6 Å². The lowest BCUT2D eigenvalue weighted by Gasteiger charge is -2.20. The second-order valence-electron chi connectivity index (χ2n) is 8.22. The van der Waals surface area contributed by atoms with Gasteiger partial charge in [-0.2, -0.15) is 0 Å². The van der Waals surface area contributed by atoms with Gasteiger partial charge in [0.1, 0.15) is 5.82 Å². The number of pyridine rings is 1. The summed E-state index contributed by atoms with van der Waals surface area (Å²) in [7, 11) is 0. The number of carboxylic acid groups (broad SMARTS) is 3. The molecule has 0 spiro atoms. The highest BCUT2D eigenvalue weighted by Gasteiger charge is 2.40. The van der Waals surface area contributed by atoms with Crippen LogP contribution in [-0.2, 0) is 14.4 Å². The van der Waals surface area contributed by atoms with Gasteiger partial charge in [0.2, 0.25) is 0 Å². The standard InChI is InChI=1S/C18H26FN3.C6H8O7/c1-4-22(5-2)11-7-8-14(3)21-17-13-16(19)12-15-9-6-10-20-18(15)17;7-3(8)1-6(13,5(11)12)2-4(9)10/h6,9-10,12-14,21H,4-5,7-8,11H2,1-3H3;13H,1-2H2,(H,7,8)(H,9,10)(H,11,12). The third-order valence-electron chi connectivity index (χ3n) is 5.36. The van der Waals surface area contributed by atoms with Crippen LogP contribution in [-0.4, -0.2) is 79.5 Å². The van der Waals surface area contributed by atoms with Gasteiger partial charge in [-0.25, -0.2) is 9.18 Å². The average Bonchev–Trinajstić information content (AvgIpc) is 2.76. The first kappa shape index (κ1) is 29.7. The Kier molecular flexibility index (Phi) is 12.0. The summed E-state index contributed by atoms with van der Waals surface area (Å²) in [4.78, 5) is 37.3. The van der Waals surface area contributed by atoms with Gasteiger partial charge >= 0.3 is 17.9 Å². The van der Waals surface area contributed by atoms with Gasteiger partial charge < -0.3 is 30.6 Å². The van der Waals surface area contributed by atoms with Crippen molar-refractivity contribution in [3.8, 4) is 0 Å². The molecule has 1 aromatic heterocycles. The molecule has 0 aliphatic rings. The molecule has 0 saturated carbocycles. The molecule has 5 N–H and O–H groups in total. The predicted molar refractivity (Wildman–Crippen MR) is 129 cm³/mol. The molecule has 2 aromatic rings. The molecule has 1 aromatic carbocycles. The van der Waals surface area contributed by atoms with E-state index in [1.807, 2.05) is 12.1 Å². The number of rotatable bonds is 13. The number of fused-ring (bicyclic) bond motifs is 1. The van der Waals surface area contributed by atoms with Crippen LogP contribution in [0.3, 0.4) is 0 Å². The lowest BCUT2D eigenvalue weighted by molar-refractivity contribution is -0.170. The van der Waals surface area contributed by atoms with Crippen molar-refractivity contribution >= 4 is 34.5 Å². The van der Waals surface area contributed by atoms with Crippen molar-refractivity contribution in [1.82, 2.24) is 9.88 Å². The van der Waals surface area contributed by atoms with Crippen LogP contribution in [0.15, 0.2) is 30.5 Å². The molecule has 0 aliphatic heterocycles. The summed E-state index contributed by atoms with van der Waals surface area (Å²) in [5.41, 5.74) is -1.12. The molecule has 35 heavy (non-hydrogen) atoms. The van der Waals surface area contributed by atoms with Gasteiger partial charge in [-0.3, -0.25) is 14.6 Å². The molecule has 0 aliphatic carbocycles. The fourth-order valence-electron chi connectivity index (χ4n) is 3.48. The number of halogens is 1. The number of aliphatic hydroxyl groups is 1. The number of nitrogens with zero attached hydrogens (tertiary/aromatic N) is 2. The van der Waals surface area contributed by atoms with Crippen molar-refractivity contribution in [2.75, 3.05) is 25.0 Å². The highest BCUT2D eigenvalue weighted by molar-refractivity contribution is 5.90. The van der Waals surface area contributed by atoms with E-state index < -0.39 is 36.4 Å². The maximum absolute atomic E-state index is 13.7. The Morgan fingerprint density at radius 3 is 2.23 bits per heavy atom. The van der Waals surface area contributed by atoms with Crippen LogP contribution in [0.2, 0.25) is 0 Å². The van der Waals surface area contributed by atoms with Crippen molar-refractivity contribution in [3.05, 3.63) is 36.3 Å². The Hall–Kier alpha value is -3.31. The molecule has 1 heterocycles. The van der Waals surface area contributed by atoms with Crippen LogP contribution >= 0.6 is 0 Å². The second-order valence-corrected chi connectivity index (χ2v) is 8.22. The summed E-state index contributed by atoms with van der Waals surface area (Å²) in [6, 6.07) is 7.08. The van der Waals surface area contributed by atoms with Crippen molar-refractivity contribution in [2.24, 2.45) is 0 Å². The first-order valence-corrected chi connectivity index (χ1v) is 11.3. The number of carbonyl (C=O) groups is 3. The molecule has 2 rings (SSSR count). The monoisotopic (exact) mass is 495 g/mol. The maximum atomic E-state index is 13.7. The van der Waals surface area contributed by atoms with E-state index in [1.54, 1.807) is 6.20 Å². The molecule has 194 valence electrons. The largest absolute Gasteiger partial charge is 0.481 e. The van der Waals surface area contributed by atoms with E-state index in [2.05, 4.69) is 36.0 Å². The molecule has 0 saturated heterocycles.